The number of nitrogens with one attached hydrogen (secondary N) is 1. The van der Waals surface area contributed by atoms with Crippen molar-refractivity contribution >= 4 is 40.3 Å². The van der Waals surface area contributed by atoms with Crippen LogP contribution in [0.1, 0.15) is 31.2 Å². The van der Waals surface area contributed by atoms with Gasteiger partial charge in [-0.15, -0.1) is 0 Å². The molecule has 12 heteroatoms. The zero-order valence-corrected chi connectivity index (χ0v) is 20.1. The van der Waals surface area contributed by atoms with E-state index in [1.807, 2.05) is 0 Å². The topological polar surface area (TPSA) is 135 Å². The number of rotatable bonds is 7. The van der Waals surface area contributed by atoms with E-state index in [0.717, 1.165) is 23.8 Å². The van der Waals surface area contributed by atoms with Gasteiger partial charge in [-0.1, -0.05) is 35.7 Å². The number of aryl methyl sites for hydroxylation is 1. The molecule has 0 amide bonds. The monoisotopic (exact) mass is 511 g/mol. The molecule has 34 heavy (non-hydrogen) atoms. The van der Waals surface area contributed by atoms with Crippen LogP contribution in [-0.2, 0) is 20.1 Å². The zero-order chi connectivity index (χ0) is 24.6. The molecular formula is C22H27Cl2N5O5. The summed E-state index contributed by atoms with van der Waals surface area (Å²) in [6.45, 7) is -0.153. The number of aliphatic hydroxyl groups is 3. The minimum Gasteiger partial charge on any atom is -0.395 e. The first-order chi connectivity index (χ1) is 16.2. The van der Waals surface area contributed by atoms with Crippen molar-refractivity contribution in [1.29, 1.82) is 0 Å². The summed E-state index contributed by atoms with van der Waals surface area (Å²) < 4.78 is 3.97. The predicted octanol–water partition coefficient (Wildman–Crippen LogP) is 1.53. The maximum absolute atomic E-state index is 13.5. The molecule has 0 saturated heterocycles. The molecule has 2 aromatic heterocycles. The largest absolute Gasteiger partial charge is 0.395 e. The summed E-state index contributed by atoms with van der Waals surface area (Å²) in [4.78, 5) is 31.0. The highest BCUT2D eigenvalue weighted by Crippen LogP contribution is 2.29. The number of benzene rings is 1. The molecule has 1 aromatic carbocycles. The Kier molecular flexibility index (Phi) is 7.34. The minimum absolute atomic E-state index is 0.00983. The molecule has 2 atom stereocenters. The number of imidazole rings is 1. The molecule has 184 valence electrons. The number of hydrogen-bond donors (Lipinski definition) is 4. The maximum atomic E-state index is 13.5. The number of nitrogens with zero attached hydrogens (tertiary/aromatic N) is 4. The van der Waals surface area contributed by atoms with Crippen molar-refractivity contribution in [3.8, 4) is 0 Å². The van der Waals surface area contributed by atoms with Crippen LogP contribution in [0.4, 0.5) is 5.95 Å². The van der Waals surface area contributed by atoms with Gasteiger partial charge in [-0.3, -0.25) is 13.9 Å². The maximum Gasteiger partial charge on any atom is 0.332 e. The van der Waals surface area contributed by atoms with Gasteiger partial charge < -0.3 is 25.2 Å². The summed E-state index contributed by atoms with van der Waals surface area (Å²) >= 11 is 12.1. The van der Waals surface area contributed by atoms with E-state index >= 15 is 0 Å². The summed E-state index contributed by atoms with van der Waals surface area (Å²) in [5, 5.41) is 32.8. The van der Waals surface area contributed by atoms with Crippen LogP contribution in [-0.4, -0.2) is 52.9 Å². The molecule has 1 aliphatic rings. The van der Waals surface area contributed by atoms with Gasteiger partial charge in [-0.2, -0.15) is 4.98 Å². The van der Waals surface area contributed by atoms with Crippen LogP contribution < -0.4 is 16.6 Å². The Morgan fingerprint density at radius 3 is 2.62 bits per heavy atom. The molecular weight excluding hydrogens is 485 g/mol. The van der Waals surface area contributed by atoms with Crippen molar-refractivity contribution in [2.75, 3.05) is 11.9 Å². The summed E-state index contributed by atoms with van der Waals surface area (Å²) in [5.41, 5.74) is -0.0511. The van der Waals surface area contributed by atoms with E-state index in [1.54, 1.807) is 22.8 Å². The lowest BCUT2D eigenvalue weighted by atomic mass is 9.85. The lowest BCUT2D eigenvalue weighted by molar-refractivity contribution is -0.0936. The molecule has 1 aliphatic carbocycles. The fraction of sp³-hybridized carbons (Fsp3) is 0.500. The Morgan fingerprint density at radius 1 is 1.18 bits per heavy atom. The Bertz CT molecular complexity index is 1320. The quantitative estimate of drug-likeness (QED) is 0.353. The number of hydrogen-bond acceptors (Lipinski definition) is 7. The first-order valence-electron chi connectivity index (χ1n) is 11.1. The van der Waals surface area contributed by atoms with Crippen molar-refractivity contribution < 1.29 is 15.3 Å². The van der Waals surface area contributed by atoms with Gasteiger partial charge in [0.05, 0.1) is 23.2 Å². The van der Waals surface area contributed by atoms with Gasteiger partial charge in [0.15, 0.2) is 17.5 Å². The first-order valence-corrected chi connectivity index (χ1v) is 11.8. The van der Waals surface area contributed by atoms with E-state index in [-0.39, 0.29) is 42.8 Å². The standard InChI is InChI=1S/C22H27Cl2N5O5/c1-27-18-17(19(31)29(22(27)34)11-12-5-6-15(23)16(24)9-12)28(7-8-30)21(26-18)25-14-4-2-3-13(10-14)20(32)33/h5-6,9,13-14,20,30,32-33H,2-4,7-8,10-11H2,1H3,(H,25,26). The number of fused-ring (bicyclic) bond motifs is 1. The van der Waals surface area contributed by atoms with Gasteiger partial charge in [0.25, 0.3) is 5.56 Å². The smallest absolute Gasteiger partial charge is 0.332 e. The Morgan fingerprint density at radius 2 is 1.94 bits per heavy atom. The van der Waals surface area contributed by atoms with Crippen molar-refractivity contribution in [3.05, 3.63) is 54.6 Å². The van der Waals surface area contributed by atoms with E-state index in [0.29, 0.717) is 28.0 Å². The molecule has 1 saturated carbocycles. The van der Waals surface area contributed by atoms with Gasteiger partial charge in [0.2, 0.25) is 5.95 Å². The molecule has 0 spiro atoms. The van der Waals surface area contributed by atoms with E-state index in [2.05, 4.69) is 10.3 Å². The molecule has 1 fully saturated rings. The third-order valence-electron chi connectivity index (χ3n) is 6.35. The molecule has 0 bridgehead atoms. The number of halogens is 2. The number of aliphatic hydroxyl groups excluding tert-OH is 2. The normalized spacial score (nSPS) is 18.7. The molecule has 0 aliphatic heterocycles. The average molecular weight is 512 g/mol. The lowest BCUT2D eigenvalue weighted by Gasteiger charge is -2.31. The van der Waals surface area contributed by atoms with Crippen molar-refractivity contribution in [2.24, 2.45) is 13.0 Å². The van der Waals surface area contributed by atoms with Crippen LogP contribution in [0, 0.1) is 5.92 Å². The van der Waals surface area contributed by atoms with Crippen molar-refractivity contribution in [1.82, 2.24) is 18.7 Å². The predicted molar refractivity (Wildman–Crippen MR) is 129 cm³/mol. The van der Waals surface area contributed by atoms with Crippen molar-refractivity contribution in [3.63, 3.8) is 0 Å². The minimum atomic E-state index is -1.39. The second kappa shape index (κ2) is 10.1. The highest BCUT2D eigenvalue weighted by molar-refractivity contribution is 6.42. The average Bonchev–Trinajstić information content (AvgIpc) is 3.16. The molecule has 2 heterocycles. The molecule has 10 nitrogen and oxygen atoms in total. The fourth-order valence-electron chi connectivity index (χ4n) is 4.57. The van der Waals surface area contributed by atoms with Crippen LogP contribution in [0.3, 0.4) is 0 Å². The molecule has 4 N–H and O–H groups in total. The third-order valence-corrected chi connectivity index (χ3v) is 7.09. The second-order valence-corrected chi connectivity index (χ2v) is 9.46. The summed E-state index contributed by atoms with van der Waals surface area (Å²) in [5.74, 6) is 0.0937. The van der Waals surface area contributed by atoms with Gasteiger partial charge in [-0.25, -0.2) is 4.79 Å². The Hall–Kier alpha value is -2.37. The van der Waals surface area contributed by atoms with Crippen molar-refractivity contribution in [2.45, 2.75) is 51.1 Å². The second-order valence-electron chi connectivity index (χ2n) is 8.65. The molecule has 0 radical (unpaired) electrons. The Labute approximate surface area is 205 Å². The number of anilines is 1. The highest BCUT2D eigenvalue weighted by atomic mass is 35.5. The van der Waals surface area contributed by atoms with Crippen LogP contribution in [0.15, 0.2) is 27.8 Å². The zero-order valence-electron chi connectivity index (χ0n) is 18.6. The molecule has 4 rings (SSSR count). The van der Waals surface area contributed by atoms with E-state index in [9.17, 15) is 24.9 Å². The van der Waals surface area contributed by atoms with Gasteiger partial charge in [0.1, 0.15) is 0 Å². The summed E-state index contributed by atoms with van der Waals surface area (Å²) in [7, 11) is 1.54. The SMILES string of the molecule is Cn1c(=O)n(Cc2ccc(Cl)c(Cl)c2)c(=O)c2c1nc(NC1CCCC(C(O)O)C1)n2CCO. The third kappa shape index (κ3) is 4.73. The van der Waals surface area contributed by atoms with Gasteiger partial charge in [0, 0.05) is 25.6 Å². The van der Waals surface area contributed by atoms with Crippen LogP contribution in [0.5, 0.6) is 0 Å². The number of aromatic nitrogens is 4. The first kappa shape index (κ1) is 24.7. The summed E-state index contributed by atoms with van der Waals surface area (Å²) in [6, 6.07) is 4.81. The van der Waals surface area contributed by atoms with Crippen LogP contribution >= 0.6 is 23.2 Å². The lowest BCUT2D eigenvalue weighted by Crippen LogP contribution is -2.40. The van der Waals surface area contributed by atoms with Gasteiger partial charge >= 0.3 is 5.69 Å². The van der Waals surface area contributed by atoms with Crippen LogP contribution in [0.25, 0.3) is 11.2 Å². The van der Waals surface area contributed by atoms with Crippen LogP contribution in [0.2, 0.25) is 10.0 Å². The highest BCUT2D eigenvalue weighted by Gasteiger charge is 2.28. The summed E-state index contributed by atoms with van der Waals surface area (Å²) in [6.07, 6.45) is 1.47. The van der Waals surface area contributed by atoms with E-state index in [4.69, 9.17) is 23.2 Å². The Balaban J connectivity index is 1.77. The molecule has 2 unspecified atom stereocenters. The molecule has 3 aromatic rings. The fourth-order valence-corrected chi connectivity index (χ4v) is 4.89. The van der Waals surface area contributed by atoms with E-state index in [1.165, 1.54) is 11.6 Å². The van der Waals surface area contributed by atoms with Gasteiger partial charge in [-0.05, 0) is 37.0 Å². The van der Waals surface area contributed by atoms with E-state index < -0.39 is 17.5 Å².